The third-order valence-corrected chi connectivity index (χ3v) is 3.57. The van der Waals surface area contributed by atoms with Gasteiger partial charge in [-0.15, -0.1) is 0 Å². The molecule has 6 heteroatoms. The van der Waals surface area contributed by atoms with E-state index in [0.717, 1.165) is 0 Å². The van der Waals surface area contributed by atoms with Crippen LogP contribution in [-0.4, -0.2) is 20.2 Å². The van der Waals surface area contributed by atoms with Gasteiger partial charge in [-0.2, -0.15) is 0 Å². The second kappa shape index (κ2) is 3.74. The van der Waals surface area contributed by atoms with Gasteiger partial charge in [0, 0.05) is 16.8 Å². The Kier molecular flexibility index (Phi) is 2.11. The first-order valence-electron chi connectivity index (χ1n) is 5.94. The molecule has 1 aliphatic heterocycles. The molecule has 3 aromatic rings. The van der Waals surface area contributed by atoms with Crippen molar-refractivity contribution in [2.45, 2.75) is 0 Å². The summed E-state index contributed by atoms with van der Waals surface area (Å²) in [6.07, 6.45) is 1.58. The van der Waals surface area contributed by atoms with Crippen LogP contribution in [0.25, 0.3) is 16.7 Å². The first kappa shape index (κ1) is 11.3. The van der Waals surface area contributed by atoms with Gasteiger partial charge in [0.2, 0.25) is 0 Å². The standard InChI is InChI=1S/C14H7ClN4O/c15-7-3-4-10-9(6-7)11(16)13-18-12-8(2-1-5-17-12)14(20)19(10)13/h1-6,16H. The van der Waals surface area contributed by atoms with Gasteiger partial charge >= 0.3 is 0 Å². The van der Waals surface area contributed by atoms with Crippen molar-refractivity contribution in [2.24, 2.45) is 0 Å². The summed E-state index contributed by atoms with van der Waals surface area (Å²) in [5.74, 6) is 0.304. The molecule has 2 aromatic heterocycles. The molecule has 1 aliphatic rings. The van der Waals surface area contributed by atoms with Crippen molar-refractivity contribution in [1.29, 1.82) is 5.41 Å². The number of fused-ring (bicyclic) bond motifs is 4. The molecule has 0 aliphatic carbocycles. The fraction of sp³-hybridized carbons (Fsp3) is 0. The fourth-order valence-electron chi connectivity index (χ4n) is 2.44. The maximum atomic E-state index is 12.6. The average molecular weight is 283 g/mol. The Morgan fingerprint density at radius 3 is 2.95 bits per heavy atom. The number of halogens is 1. The maximum absolute atomic E-state index is 12.6. The largest absolute Gasteiger partial charge is 0.296 e. The number of benzene rings is 1. The van der Waals surface area contributed by atoms with Gasteiger partial charge in [-0.05, 0) is 30.3 Å². The summed E-state index contributed by atoms with van der Waals surface area (Å²) in [5, 5.41) is 9.13. The van der Waals surface area contributed by atoms with E-state index in [1.807, 2.05) is 0 Å². The van der Waals surface area contributed by atoms with Gasteiger partial charge in [0.15, 0.2) is 11.5 Å². The van der Waals surface area contributed by atoms with Crippen LogP contribution < -0.4 is 5.56 Å². The minimum atomic E-state index is -0.219. The van der Waals surface area contributed by atoms with E-state index < -0.39 is 0 Å². The number of nitrogens with one attached hydrogen (secondary N) is 1. The molecule has 96 valence electrons. The van der Waals surface area contributed by atoms with Gasteiger partial charge in [0.25, 0.3) is 5.56 Å². The summed E-state index contributed by atoms with van der Waals surface area (Å²) in [5.41, 5.74) is 1.57. The third kappa shape index (κ3) is 1.32. The van der Waals surface area contributed by atoms with Crippen molar-refractivity contribution in [1.82, 2.24) is 14.5 Å². The smallest absolute Gasteiger partial charge is 0.267 e. The number of aromatic nitrogens is 3. The van der Waals surface area contributed by atoms with Gasteiger partial charge in [-0.1, -0.05) is 11.6 Å². The Hall–Kier alpha value is -2.53. The summed E-state index contributed by atoms with van der Waals surface area (Å²) < 4.78 is 1.44. The molecule has 20 heavy (non-hydrogen) atoms. The molecular formula is C14H7ClN4O. The number of rotatable bonds is 0. The van der Waals surface area contributed by atoms with Crippen molar-refractivity contribution in [3.8, 4) is 5.69 Å². The lowest BCUT2D eigenvalue weighted by Crippen LogP contribution is -2.21. The molecule has 4 rings (SSSR count). The number of nitrogens with zero attached hydrogens (tertiary/aromatic N) is 3. The highest BCUT2D eigenvalue weighted by Gasteiger charge is 2.27. The van der Waals surface area contributed by atoms with E-state index in [4.69, 9.17) is 17.0 Å². The van der Waals surface area contributed by atoms with Crippen molar-refractivity contribution >= 4 is 28.3 Å². The topological polar surface area (TPSA) is 71.6 Å². The van der Waals surface area contributed by atoms with Crippen LogP contribution in [0.4, 0.5) is 0 Å². The number of hydrogen-bond donors (Lipinski definition) is 1. The second-order valence-electron chi connectivity index (χ2n) is 4.49. The Bertz CT molecular complexity index is 961. The van der Waals surface area contributed by atoms with Gasteiger partial charge in [-0.3, -0.25) is 14.8 Å². The zero-order valence-corrected chi connectivity index (χ0v) is 10.8. The van der Waals surface area contributed by atoms with E-state index >= 15 is 0 Å². The minimum Gasteiger partial charge on any atom is -0.296 e. The summed E-state index contributed by atoms with van der Waals surface area (Å²) in [7, 11) is 0. The van der Waals surface area contributed by atoms with Crippen LogP contribution in [-0.2, 0) is 0 Å². The molecule has 0 amide bonds. The van der Waals surface area contributed by atoms with Gasteiger partial charge in [-0.25, -0.2) is 9.97 Å². The lowest BCUT2D eigenvalue weighted by Gasteiger charge is -2.04. The lowest BCUT2D eigenvalue weighted by molar-refractivity contribution is 0.958. The summed E-state index contributed by atoms with van der Waals surface area (Å²) in [6, 6.07) is 8.48. The van der Waals surface area contributed by atoms with Crippen LogP contribution in [0.15, 0.2) is 41.3 Å². The van der Waals surface area contributed by atoms with Crippen molar-refractivity contribution in [3.05, 3.63) is 63.3 Å². The predicted octanol–water partition coefficient (Wildman–Crippen LogP) is 2.16. The van der Waals surface area contributed by atoms with Gasteiger partial charge in [0.1, 0.15) is 5.71 Å². The first-order chi connectivity index (χ1) is 9.66. The maximum Gasteiger partial charge on any atom is 0.267 e. The molecular weight excluding hydrogens is 276 g/mol. The first-order valence-corrected chi connectivity index (χ1v) is 6.31. The highest BCUT2D eigenvalue weighted by molar-refractivity contribution is 6.31. The molecule has 0 saturated carbocycles. The molecule has 0 radical (unpaired) electrons. The summed E-state index contributed by atoms with van der Waals surface area (Å²) in [6.45, 7) is 0. The van der Waals surface area contributed by atoms with Crippen LogP contribution in [0, 0.1) is 5.41 Å². The highest BCUT2D eigenvalue weighted by Crippen LogP contribution is 2.28. The Balaban J connectivity index is 2.20. The zero-order valence-electron chi connectivity index (χ0n) is 10.1. The SMILES string of the molecule is N=C1c2cc(Cl)ccc2-n2c1nc1ncccc1c2=O. The Morgan fingerprint density at radius 2 is 2.10 bits per heavy atom. The molecule has 5 nitrogen and oxygen atoms in total. The van der Waals surface area contributed by atoms with Crippen LogP contribution in [0.1, 0.15) is 11.4 Å². The van der Waals surface area contributed by atoms with Crippen molar-refractivity contribution < 1.29 is 0 Å². The average Bonchev–Trinajstić information content (AvgIpc) is 2.73. The monoisotopic (exact) mass is 282 g/mol. The summed E-state index contributed by atoms with van der Waals surface area (Å²) in [4.78, 5) is 21.0. The zero-order chi connectivity index (χ0) is 13.9. The van der Waals surface area contributed by atoms with E-state index in [9.17, 15) is 4.79 Å². The van der Waals surface area contributed by atoms with Crippen molar-refractivity contribution in [3.63, 3.8) is 0 Å². The molecule has 0 atom stereocenters. The molecule has 0 saturated heterocycles. The highest BCUT2D eigenvalue weighted by atomic mass is 35.5. The minimum absolute atomic E-state index is 0.187. The van der Waals surface area contributed by atoms with Crippen LogP contribution in [0.5, 0.6) is 0 Å². The quantitative estimate of drug-likeness (QED) is 0.537. The number of hydrogen-bond acceptors (Lipinski definition) is 4. The van der Waals surface area contributed by atoms with Crippen LogP contribution in [0.2, 0.25) is 5.02 Å². The Morgan fingerprint density at radius 1 is 1.25 bits per heavy atom. The molecule has 3 heterocycles. The second-order valence-corrected chi connectivity index (χ2v) is 4.92. The van der Waals surface area contributed by atoms with Crippen LogP contribution >= 0.6 is 11.6 Å². The molecule has 0 bridgehead atoms. The molecule has 1 aromatic carbocycles. The molecule has 0 unspecified atom stereocenters. The van der Waals surface area contributed by atoms with E-state index in [2.05, 4.69) is 9.97 Å². The summed E-state index contributed by atoms with van der Waals surface area (Å²) >= 11 is 5.96. The molecule has 1 N–H and O–H groups in total. The fourth-order valence-corrected chi connectivity index (χ4v) is 2.61. The van der Waals surface area contributed by atoms with E-state index in [1.165, 1.54) is 4.57 Å². The van der Waals surface area contributed by atoms with E-state index in [-0.39, 0.29) is 11.3 Å². The normalized spacial score (nSPS) is 12.6. The molecule has 0 fully saturated rings. The predicted molar refractivity (Wildman–Crippen MR) is 76.1 cm³/mol. The van der Waals surface area contributed by atoms with E-state index in [1.54, 1.807) is 36.5 Å². The Labute approximate surface area is 118 Å². The van der Waals surface area contributed by atoms with Gasteiger partial charge < -0.3 is 0 Å². The third-order valence-electron chi connectivity index (χ3n) is 3.34. The van der Waals surface area contributed by atoms with Crippen molar-refractivity contribution in [2.75, 3.05) is 0 Å². The number of pyridine rings is 1. The van der Waals surface area contributed by atoms with Gasteiger partial charge in [0.05, 0.1) is 11.1 Å². The lowest BCUT2D eigenvalue weighted by atomic mass is 10.1. The van der Waals surface area contributed by atoms with Crippen LogP contribution in [0.3, 0.4) is 0 Å². The molecule has 0 spiro atoms. The van der Waals surface area contributed by atoms with E-state index in [0.29, 0.717) is 33.1 Å².